The number of benzene rings is 1. The molecule has 1 aromatic carbocycles. The van der Waals surface area contributed by atoms with Crippen LogP contribution in [-0.2, 0) is 0 Å². The second-order valence-corrected chi connectivity index (χ2v) is 4.18. The lowest BCUT2D eigenvalue weighted by molar-refractivity contribution is 0.0790. The highest BCUT2D eigenvalue weighted by molar-refractivity contribution is 9.10. The molecule has 0 saturated carbocycles. The van der Waals surface area contributed by atoms with Gasteiger partial charge in [-0.2, -0.15) is 0 Å². The number of rotatable bonds is 3. The van der Waals surface area contributed by atoms with Crippen molar-refractivity contribution in [2.45, 2.75) is 13.3 Å². The van der Waals surface area contributed by atoms with Crippen molar-refractivity contribution in [3.05, 3.63) is 34.1 Å². The molecular formula is C11H13BrFNO. The molecule has 0 N–H and O–H groups in total. The van der Waals surface area contributed by atoms with E-state index in [2.05, 4.69) is 15.9 Å². The van der Waals surface area contributed by atoms with Crippen LogP contribution in [0.5, 0.6) is 0 Å². The van der Waals surface area contributed by atoms with E-state index in [0.29, 0.717) is 11.0 Å². The molecule has 1 amide bonds. The lowest BCUT2D eigenvalue weighted by Crippen LogP contribution is -2.28. The maximum Gasteiger partial charge on any atom is 0.256 e. The Balaban J connectivity index is 2.96. The van der Waals surface area contributed by atoms with Gasteiger partial charge in [0, 0.05) is 13.6 Å². The van der Waals surface area contributed by atoms with Gasteiger partial charge in [-0.25, -0.2) is 4.39 Å². The highest BCUT2D eigenvalue weighted by Gasteiger charge is 2.16. The van der Waals surface area contributed by atoms with Crippen LogP contribution in [0.4, 0.5) is 4.39 Å². The smallest absolute Gasteiger partial charge is 0.256 e. The van der Waals surface area contributed by atoms with Gasteiger partial charge in [0.15, 0.2) is 0 Å². The molecular weight excluding hydrogens is 261 g/mol. The fraction of sp³-hybridized carbons (Fsp3) is 0.364. The van der Waals surface area contributed by atoms with Crippen molar-refractivity contribution in [3.8, 4) is 0 Å². The highest BCUT2D eigenvalue weighted by atomic mass is 79.9. The normalized spacial score (nSPS) is 10.1. The molecule has 0 aromatic heterocycles. The SMILES string of the molecule is CCCN(C)C(=O)c1cccc(Br)c1F. The second-order valence-electron chi connectivity index (χ2n) is 3.33. The molecule has 0 heterocycles. The Morgan fingerprint density at radius 2 is 2.20 bits per heavy atom. The van der Waals surface area contributed by atoms with Gasteiger partial charge in [-0.3, -0.25) is 4.79 Å². The van der Waals surface area contributed by atoms with E-state index in [1.54, 1.807) is 19.2 Å². The fourth-order valence-corrected chi connectivity index (χ4v) is 1.68. The molecule has 4 heteroatoms. The van der Waals surface area contributed by atoms with Gasteiger partial charge in [0.25, 0.3) is 5.91 Å². The summed E-state index contributed by atoms with van der Waals surface area (Å²) in [5.74, 6) is -0.777. The van der Waals surface area contributed by atoms with E-state index >= 15 is 0 Å². The summed E-state index contributed by atoms with van der Waals surface area (Å²) in [4.78, 5) is 13.3. The molecule has 0 aliphatic rings. The second kappa shape index (κ2) is 5.26. The minimum absolute atomic E-state index is 0.111. The average Bonchev–Trinajstić information content (AvgIpc) is 2.21. The van der Waals surface area contributed by atoms with Crippen molar-refractivity contribution in [2.24, 2.45) is 0 Å². The standard InChI is InChI=1S/C11H13BrFNO/c1-3-7-14(2)11(15)8-5-4-6-9(12)10(8)13/h4-6H,3,7H2,1-2H3. The molecule has 1 rings (SSSR count). The van der Waals surface area contributed by atoms with Crippen LogP contribution in [-0.4, -0.2) is 24.4 Å². The number of halogens is 2. The molecule has 0 radical (unpaired) electrons. The molecule has 15 heavy (non-hydrogen) atoms. The molecule has 0 saturated heterocycles. The first-order chi connectivity index (χ1) is 7.07. The van der Waals surface area contributed by atoms with E-state index in [-0.39, 0.29) is 11.5 Å². The van der Waals surface area contributed by atoms with Crippen LogP contribution in [0.3, 0.4) is 0 Å². The van der Waals surface area contributed by atoms with E-state index in [9.17, 15) is 9.18 Å². The highest BCUT2D eigenvalue weighted by Crippen LogP contribution is 2.19. The summed E-state index contributed by atoms with van der Waals surface area (Å²) >= 11 is 3.06. The van der Waals surface area contributed by atoms with Crippen LogP contribution in [0.15, 0.2) is 22.7 Å². The monoisotopic (exact) mass is 273 g/mol. The van der Waals surface area contributed by atoms with Crippen LogP contribution < -0.4 is 0 Å². The minimum atomic E-state index is -0.495. The molecule has 0 aliphatic heterocycles. The Kier molecular flexibility index (Phi) is 4.27. The number of hydrogen-bond donors (Lipinski definition) is 0. The summed E-state index contributed by atoms with van der Waals surface area (Å²) in [5, 5.41) is 0. The molecule has 0 aliphatic carbocycles. The Morgan fingerprint density at radius 3 is 2.80 bits per heavy atom. The summed E-state index contributed by atoms with van der Waals surface area (Å²) in [5.41, 5.74) is 0.111. The number of carbonyl (C=O) groups is 1. The number of carbonyl (C=O) groups excluding carboxylic acids is 1. The zero-order chi connectivity index (χ0) is 11.4. The van der Waals surface area contributed by atoms with E-state index in [1.165, 1.54) is 11.0 Å². The van der Waals surface area contributed by atoms with Crippen LogP contribution in [0, 0.1) is 5.82 Å². The third-order valence-corrected chi connectivity index (χ3v) is 2.70. The first-order valence-electron chi connectivity index (χ1n) is 4.77. The predicted molar refractivity (Wildman–Crippen MR) is 61.4 cm³/mol. The van der Waals surface area contributed by atoms with Gasteiger partial charge in [0.2, 0.25) is 0 Å². The van der Waals surface area contributed by atoms with E-state index in [1.807, 2.05) is 6.92 Å². The van der Waals surface area contributed by atoms with Crippen molar-refractivity contribution in [1.29, 1.82) is 0 Å². The third kappa shape index (κ3) is 2.78. The van der Waals surface area contributed by atoms with Gasteiger partial charge in [0.1, 0.15) is 5.82 Å². The van der Waals surface area contributed by atoms with Crippen molar-refractivity contribution >= 4 is 21.8 Å². The predicted octanol–water partition coefficient (Wildman–Crippen LogP) is 3.07. The maximum atomic E-state index is 13.6. The molecule has 0 atom stereocenters. The van der Waals surface area contributed by atoms with Gasteiger partial charge < -0.3 is 4.90 Å². The van der Waals surface area contributed by atoms with Crippen molar-refractivity contribution in [2.75, 3.05) is 13.6 Å². The van der Waals surface area contributed by atoms with Gasteiger partial charge in [-0.15, -0.1) is 0 Å². The van der Waals surface area contributed by atoms with Gasteiger partial charge in [0.05, 0.1) is 10.0 Å². The first-order valence-corrected chi connectivity index (χ1v) is 5.56. The number of amides is 1. The summed E-state index contributed by atoms with van der Waals surface area (Å²) in [6.07, 6.45) is 0.859. The zero-order valence-electron chi connectivity index (χ0n) is 8.76. The largest absolute Gasteiger partial charge is 0.342 e. The van der Waals surface area contributed by atoms with Crippen molar-refractivity contribution in [3.63, 3.8) is 0 Å². The fourth-order valence-electron chi connectivity index (χ4n) is 1.31. The lowest BCUT2D eigenvalue weighted by atomic mass is 10.2. The number of nitrogens with zero attached hydrogens (tertiary/aromatic N) is 1. The van der Waals surface area contributed by atoms with E-state index in [4.69, 9.17) is 0 Å². The molecule has 0 unspecified atom stereocenters. The maximum absolute atomic E-state index is 13.6. The Bertz CT molecular complexity index is 368. The molecule has 2 nitrogen and oxygen atoms in total. The van der Waals surface area contributed by atoms with Crippen LogP contribution in [0.1, 0.15) is 23.7 Å². The Morgan fingerprint density at radius 1 is 1.53 bits per heavy atom. The topological polar surface area (TPSA) is 20.3 Å². The molecule has 0 bridgehead atoms. The molecule has 0 spiro atoms. The minimum Gasteiger partial charge on any atom is -0.342 e. The third-order valence-electron chi connectivity index (χ3n) is 2.09. The van der Waals surface area contributed by atoms with Crippen molar-refractivity contribution < 1.29 is 9.18 Å². The average molecular weight is 274 g/mol. The Labute approximate surface area is 97.2 Å². The zero-order valence-corrected chi connectivity index (χ0v) is 10.3. The van der Waals surface area contributed by atoms with Crippen LogP contribution in [0.2, 0.25) is 0 Å². The molecule has 0 fully saturated rings. The lowest BCUT2D eigenvalue weighted by Gasteiger charge is -2.16. The summed E-state index contributed by atoms with van der Waals surface area (Å²) in [6, 6.07) is 4.72. The number of hydrogen-bond acceptors (Lipinski definition) is 1. The molecule has 82 valence electrons. The van der Waals surface area contributed by atoms with E-state index < -0.39 is 5.82 Å². The van der Waals surface area contributed by atoms with E-state index in [0.717, 1.165) is 6.42 Å². The molecule has 1 aromatic rings. The first kappa shape index (κ1) is 12.2. The quantitative estimate of drug-likeness (QED) is 0.829. The Hall–Kier alpha value is -0.900. The summed E-state index contributed by atoms with van der Waals surface area (Å²) in [6.45, 7) is 2.60. The van der Waals surface area contributed by atoms with Crippen LogP contribution >= 0.6 is 15.9 Å². The van der Waals surface area contributed by atoms with Gasteiger partial charge in [-0.05, 0) is 34.5 Å². The summed E-state index contributed by atoms with van der Waals surface area (Å²) < 4.78 is 13.9. The van der Waals surface area contributed by atoms with Crippen molar-refractivity contribution in [1.82, 2.24) is 4.90 Å². The van der Waals surface area contributed by atoms with Gasteiger partial charge >= 0.3 is 0 Å². The van der Waals surface area contributed by atoms with Gasteiger partial charge in [-0.1, -0.05) is 13.0 Å². The summed E-state index contributed by atoms with van der Waals surface area (Å²) in [7, 11) is 1.67. The van der Waals surface area contributed by atoms with Crippen LogP contribution in [0.25, 0.3) is 0 Å².